The molecule has 1 aromatic carbocycles. The third-order valence-electron chi connectivity index (χ3n) is 3.26. The van der Waals surface area contributed by atoms with Gasteiger partial charge in [0.05, 0.1) is 6.61 Å². The van der Waals surface area contributed by atoms with E-state index in [0.717, 1.165) is 36.7 Å². The molecule has 2 N–H and O–H groups in total. The van der Waals surface area contributed by atoms with Crippen LogP contribution in [-0.2, 0) is 4.74 Å². The summed E-state index contributed by atoms with van der Waals surface area (Å²) in [6, 6.07) is 5.85. The van der Waals surface area contributed by atoms with Gasteiger partial charge in [-0.05, 0) is 12.5 Å². The Balaban J connectivity index is 1.91. The highest BCUT2D eigenvalue weighted by Crippen LogP contribution is 2.40. The highest BCUT2D eigenvalue weighted by atomic mass is 16.7. The fraction of sp³-hybridized carbons (Fsp3) is 0.500. The Morgan fingerprint density at radius 3 is 3.06 bits per heavy atom. The van der Waals surface area contributed by atoms with Gasteiger partial charge in [-0.15, -0.1) is 0 Å². The molecule has 2 aliphatic rings. The molecule has 0 amide bonds. The second kappa shape index (κ2) is 3.96. The van der Waals surface area contributed by atoms with Crippen molar-refractivity contribution in [2.45, 2.75) is 12.5 Å². The lowest BCUT2D eigenvalue weighted by Crippen LogP contribution is -2.21. The molecular formula is C12H15NO3. The Bertz CT molecular complexity index is 388. The van der Waals surface area contributed by atoms with E-state index in [9.17, 15) is 0 Å². The van der Waals surface area contributed by atoms with Crippen LogP contribution in [0.25, 0.3) is 0 Å². The molecule has 3 rings (SSSR count). The summed E-state index contributed by atoms with van der Waals surface area (Å²) in [6.07, 6.45) is 1.02. The lowest BCUT2D eigenvalue weighted by molar-refractivity contribution is 0.170. The predicted octanol–water partition coefficient (Wildman–Crippen LogP) is 1.45. The molecule has 2 atom stereocenters. The molecule has 4 heteroatoms. The van der Waals surface area contributed by atoms with Crippen molar-refractivity contribution in [3.8, 4) is 11.5 Å². The lowest BCUT2D eigenvalue weighted by Gasteiger charge is -2.19. The molecule has 2 aliphatic heterocycles. The molecule has 0 bridgehead atoms. The second-order valence-corrected chi connectivity index (χ2v) is 4.23. The third-order valence-corrected chi connectivity index (χ3v) is 3.26. The maximum Gasteiger partial charge on any atom is 0.231 e. The molecule has 0 saturated carbocycles. The number of nitrogens with two attached hydrogens (primary N) is 1. The van der Waals surface area contributed by atoms with Crippen molar-refractivity contribution >= 4 is 0 Å². The minimum atomic E-state index is -0.0286. The maximum absolute atomic E-state index is 6.26. The number of benzene rings is 1. The zero-order valence-corrected chi connectivity index (χ0v) is 9.02. The van der Waals surface area contributed by atoms with Gasteiger partial charge in [0, 0.05) is 24.1 Å². The molecule has 0 radical (unpaired) electrons. The van der Waals surface area contributed by atoms with Crippen molar-refractivity contribution in [3.05, 3.63) is 23.8 Å². The van der Waals surface area contributed by atoms with Gasteiger partial charge in [0.15, 0.2) is 11.5 Å². The molecule has 1 saturated heterocycles. The van der Waals surface area contributed by atoms with E-state index in [0.29, 0.717) is 12.7 Å². The van der Waals surface area contributed by atoms with Gasteiger partial charge in [-0.25, -0.2) is 0 Å². The first-order chi connectivity index (χ1) is 7.86. The van der Waals surface area contributed by atoms with Gasteiger partial charge in [-0.1, -0.05) is 12.1 Å². The van der Waals surface area contributed by atoms with Crippen molar-refractivity contribution in [2.24, 2.45) is 11.7 Å². The standard InChI is InChI=1S/C12H15NO3/c13-11(8-4-5-14-6-8)9-2-1-3-10-12(9)16-7-15-10/h1-3,8,11H,4-7,13H2. The van der Waals surface area contributed by atoms with E-state index in [4.69, 9.17) is 19.9 Å². The third kappa shape index (κ3) is 1.54. The molecular weight excluding hydrogens is 206 g/mol. The molecule has 4 nitrogen and oxygen atoms in total. The Morgan fingerprint density at radius 2 is 2.25 bits per heavy atom. The predicted molar refractivity (Wildman–Crippen MR) is 58.4 cm³/mol. The summed E-state index contributed by atoms with van der Waals surface area (Å²) in [6.45, 7) is 1.84. The minimum Gasteiger partial charge on any atom is -0.454 e. The van der Waals surface area contributed by atoms with Crippen molar-refractivity contribution in [2.75, 3.05) is 20.0 Å². The summed E-state index contributed by atoms with van der Waals surface area (Å²) in [4.78, 5) is 0. The molecule has 0 aromatic heterocycles. The number of rotatable bonds is 2. The molecule has 86 valence electrons. The van der Waals surface area contributed by atoms with Gasteiger partial charge < -0.3 is 19.9 Å². The number of hydrogen-bond donors (Lipinski definition) is 1. The molecule has 0 aliphatic carbocycles. The molecule has 2 heterocycles. The minimum absolute atomic E-state index is 0.0286. The van der Waals surface area contributed by atoms with Gasteiger partial charge >= 0.3 is 0 Å². The van der Waals surface area contributed by atoms with E-state index in [1.54, 1.807) is 0 Å². The van der Waals surface area contributed by atoms with Gasteiger partial charge in [0.2, 0.25) is 6.79 Å². The van der Waals surface area contributed by atoms with Gasteiger partial charge in [-0.2, -0.15) is 0 Å². The normalized spacial score (nSPS) is 24.7. The Morgan fingerprint density at radius 1 is 1.31 bits per heavy atom. The summed E-state index contributed by atoms with van der Waals surface area (Å²) >= 11 is 0. The van der Waals surface area contributed by atoms with Crippen LogP contribution >= 0.6 is 0 Å². The smallest absolute Gasteiger partial charge is 0.231 e. The molecule has 2 unspecified atom stereocenters. The average Bonchev–Trinajstić information content (AvgIpc) is 2.98. The first kappa shape index (κ1) is 9.93. The molecule has 0 spiro atoms. The van der Waals surface area contributed by atoms with E-state index in [1.165, 1.54) is 0 Å². The van der Waals surface area contributed by atoms with Crippen LogP contribution in [0, 0.1) is 5.92 Å². The number of fused-ring (bicyclic) bond motifs is 1. The second-order valence-electron chi connectivity index (χ2n) is 4.23. The van der Waals surface area contributed by atoms with Crippen LogP contribution in [0.1, 0.15) is 18.0 Å². The first-order valence-electron chi connectivity index (χ1n) is 5.58. The first-order valence-corrected chi connectivity index (χ1v) is 5.58. The number of ether oxygens (including phenoxy) is 3. The zero-order valence-electron chi connectivity index (χ0n) is 9.02. The van der Waals surface area contributed by atoms with Gasteiger partial charge in [-0.3, -0.25) is 0 Å². The van der Waals surface area contributed by atoms with Gasteiger partial charge in [0.25, 0.3) is 0 Å². The number of hydrogen-bond acceptors (Lipinski definition) is 4. The van der Waals surface area contributed by atoms with Crippen LogP contribution < -0.4 is 15.2 Å². The maximum atomic E-state index is 6.26. The van der Waals surface area contributed by atoms with E-state index >= 15 is 0 Å². The lowest BCUT2D eigenvalue weighted by atomic mass is 9.92. The largest absolute Gasteiger partial charge is 0.454 e. The summed E-state index contributed by atoms with van der Waals surface area (Å²) in [5.74, 6) is 1.99. The molecule has 1 fully saturated rings. The monoisotopic (exact) mass is 221 g/mol. The van der Waals surface area contributed by atoms with Crippen LogP contribution in [0.4, 0.5) is 0 Å². The summed E-state index contributed by atoms with van der Waals surface area (Å²) in [5, 5.41) is 0. The SMILES string of the molecule is NC(c1cccc2c1OCO2)C1CCOC1. The Kier molecular flexibility index (Phi) is 2.46. The molecule has 1 aromatic rings. The van der Waals surface area contributed by atoms with Crippen LogP contribution in [-0.4, -0.2) is 20.0 Å². The van der Waals surface area contributed by atoms with E-state index in [2.05, 4.69) is 0 Å². The fourth-order valence-corrected chi connectivity index (χ4v) is 2.31. The Labute approximate surface area is 94.3 Å². The zero-order chi connectivity index (χ0) is 11.0. The van der Waals surface area contributed by atoms with Crippen molar-refractivity contribution in [1.29, 1.82) is 0 Å². The average molecular weight is 221 g/mol. The van der Waals surface area contributed by atoms with Gasteiger partial charge in [0.1, 0.15) is 0 Å². The molecule has 16 heavy (non-hydrogen) atoms. The van der Waals surface area contributed by atoms with Crippen LogP contribution in [0.15, 0.2) is 18.2 Å². The quantitative estimate of drug-likeness (QED) is 0.821. The van der Waals surface area contributed by atoms with E-state index < -0.39 is 0 Å². The summed E-state index contributed by atoms with van der Waals surface area (Å²) in [5.41, 5.74) is 7.29. The van der Waals surface area contributed by atoms with Crippen molar-refractivity contribution in [1.82, 2.24) is 0 Å². The van der Waals surface area contributed by atoms with Crippen molar-refractivity contribution in [3.63, 3.8) is 0 Å². The summed E-state index contributed by atoms with van der Waals surface area (Å²) < 4.78 is 16.2. The highest BCUT2D eigenvalue weighted by Gasteiger charge is 2.28. The van der Waals surface area contributed by atoms with E-state index in [-0.39, 0.29) is 6.04 Å². The van der Waals surface area contributed by atoms with E-state index in [1.807, 2.05) is 18.2 Å². The summed E-state index contributed by atoms with van der Waals surface area (Å²) in [7, 11) is 0. The van der Waals surface area contributed by atoms with Crippen LogP contribution in [0.2, 0.25) is 0 Å². The topological polar surface area (TPSA) is 53.7 Å². The Hall–Kier alpha value is -1.26. The highest BCUT2D eigenvalue weighted by molar-refractivity contribution is 5.49. The van der Waals surface area contributed by atoms with Crippen LogP contribution in [0.5, 0.6) is 11.5 Å². The van der Waals surface area contributed by atoms with Crippen LogP contribution in [0.3, 0.4) is 0 Å². The van der Waals surface area contributed by atoms with Crippen molar-refractivity contribution < 1.29 is 14.2 Å². The fourth-order valence-electron chi connectivity index (χ4n) is 2.31. The number of para-hydroxylation sites is 1.